The van der Waals surface area contributed by atoms with Gasteiger partial charge in [0, 0.05) is 19.3 Å². The number of carbonyl (C=O) groups is 1. The number of aromatic nitrogens is 4. The molecular weight excluding hydrogens is 354 g/mol. The zero-order chi connectivity index (χ0) is 19.6. The van der Waals surface area contributed by atoms with Gasteiger partial charge in [-0.05, 0) is 37.3 Å². The molecule has 0 aliphatic heterocycles. The highest BCUT2D eigenvalue weighted by Gasteiger charge is 2.35. The summed E-state index contributed by atoms with van der Waals surface area (Å²) in [4.78, 5) is 25.2. The number of aryl methyl sites for hydroxylation is 1. The van der Waals surface area contributed by atoms with Crippen molar-refractivity contribution in [2.45, 2.75) is 37.3 Å². The first-order valence-electron chi connectivity index (χ1n) is 9.44. The molecule has 1 aliphatic carbocycles. The van der Waals surface area contributed by atoms with Crippen LogP contribution >= 0.6 is 0 Å². The maximum atomic E-state index is 12.6. The van der Waals surface area contributed by atoms with Crippen LogP contribution in [0.2, 0.25) is 0 Å². The number of nitrogens with one attached hydrogen (secondary N) is 1. The lowest BCUT2D eigenvalue weighted by molar-refractivity contribution is -0.00807. The Balaban J connectivity index is 1.41. The molecule has 0 bridgehead atoms. The minimum absolute atomic E-state index is 0.000413. The molecule has 3 aromatic rings. The Hall–Kier alpha value is -3.06. The van der Waals surface area contributed by atoms with Crippen molar-refractivity contribution in [3.05, 3.63) is 66.5 Å². The monoisotopic (exact) mass is 377 g/mol. The van der Waals surface area contributed by atoms with Gasteiger partial charge < -0.3 is 15.0 Å². The van der Waals surface area contributed by atoms with Crippen molar-refractivity contribution in [2.24, 2.45) is 7.05 Å². The largest absolute Gasteiger partial charge is 0.385 e. The average molecular weight is 377 g/mol. The third-order valence-electron chi connectivity index (χ3n) is 5.40. The quantitative estimate of drug-likeness (QED) is 0.728. The zero-order valence-corrected chi connectivity index (χ0v) is 15.7. The first-order chi connectivity index (χ1) is 13.5. The van der Waals surface area contributed by atoms with Gasteiger partial charge in [0.15, 0.2) is 0 Å². The molecule has 1 amide bonds. The van der Waals surface area contributed by atoms with Gasteiger partial charge in [0.25, 0.3) is 5.91 Å². The van der Waals surface area contributed by atoms with Crippen molar-refractivity contribution in [3.63, 3.8) is 0 Å². The Kier molecular flexibility index (Phi) is 4.92. The molecule has 0 radical (unpaired) electrons. The van der Waals surface area contributed by atoms with Crippen molar-refractivity contribution in [1.29, 1.82) is 0 Å². The third-order valence-corrected chi connectivity index (χ3v) is 5.40. The van der Waals surface area contributed by atoms with Gasteiger partial charge in [0.2, 0.25) is 5.82 Å². The van der Waals surface area contributed by atoms with E-state index in [9.17, 15) is 9.90 Å². The van der Waals surface area contributed by atoms with Crippen molar-refractivity contribution in [3.8, 4) is 11.4 Å². The van der Waals surface area contributed by atoms with Gasteiger partial charge in [-0.1, -0.05) is 30.3 Å². The Morgan fingerprint density at radius 2 is 1.96 bits per heavy atom. The predicted molar refractivity (Wildman–Crippen MR) is 104 cm³/mol. The Morgan fingerprint density at radius 1 is 1.21 bits per heavy atom. The highest BCUT2D eigenvalue weighted by Crippen LogP contribution is 2.37. The van der Waals surface area contributed by atoms with Crippen molar-refractivity contribution >= 4 is 5.91 Å². The van der Waals surface area contributed by atoms with Crippen LogP contribution in [0.5, 0.6) is 0 Å². The van der Waals surface area contributed by atoms with Crippen LogP contribution in [-0.2, 0) is 12.6 Å². The normalized spacial score (nSPS) is 22.0. The molecule has 2 N–H and O–H groups in total. The highest BCUT2D eigenvalue weighted by atomic mass is 16.3. The lowest BCUT2D eigenvalue weighted by Gasteiger charge is -2.36. The minimum atomic E-state index is -0.821. The first kappa shape index (κ1) is 18.3. The van der Waals surface area contributed by atoms with E-state index < -0.39 is 5.60 Å². The van der Waals surface area contributed by atoms with E-state index in [2.05, 4.69) is 20.3 Å². The standard InChI is InChI=1S/C21H23N5O2/c1-26-14-22-13-18(26)17-9-12-23-19(25-17)20(27)24-16-7-10-21(28,11-8-16)15-5-3-2-4-6-15/h2-6,9,12-14,16,28H,7-8,10-11H2,1H3,(H,24,27)/t16-,21-. The molecule has 2 heterocycles. The molecule has 7 nitrogen and oxygen atoms in total. The third kappa shape index (κ3) is 3.66. The molecule has 7 heteroatoms. The lowest BCUT2D eigenvalue weighted by atomic mass is 9.78. The lowest BCUT2D eigenvalue weighted by Crippen LogP contribution is -2.42. The number of carbonyl (C=O) groups excluding carboxylic acids is 1. The van der Waals surface area contributed by atoms with Gasteiger partial charge in [-0.25, -0.2) is 15.0 Å². The number of imidazole rings is 1. The van der Waals surface area contributed by atoms with E-state index in [1.807, 2.05) is 41.9 Å². The van der Waals surface area contributed by atoms with E-state index in [0.717, 1.165) is 11.3 Å². The number of hydrogen-bond acceptors (Lipinski definition) is 5. The van der Waals surface area contributed by atoms with Crippen LogP contribution in [0.15, 0.2) is 55.1 Å². The van der Waals surface area contributed by atoms with Crippen molar-refractivity contribution < 1.29 is 9.90 Å². The minimum Gasteiger partial charge on any atom is -0.385 e. The molecule has 1 saturated carbocycles. The van der Waals surface area contributed by atoms with Crippen LogP contribution in [0.4, 0.5) is 0 Å². The Labute approximate surface area is 163 Å². The van der Waals surface area contributed by atoms with E-state index in [1.165, 1.54) is 0 Å². The van der Waals surface area contributed by atoms with Crippen molar-refractivity contribution in [1.82, 2.24) is 24.8 Å². The maximum absolute atomic E-state index is 12.6. The zero-order valence-electron chi connectivity index (χ0n) is 15.7. The number of benzene rings is 1. The summed E-state index contributed by atoms with van der Waals surface area (Å²) in [6.07, 6.45) is 7.61. The van der Waals surface area contributed by atoms with Crippen LogP contribution in [-0.4, -0.2) is 36.6 Å². The van der Waals surface area contributed by atoms with Gasteiger partial charge in [-0.3, -0.25) is 4.79 Å². The summed E-state index contributed by atoms with van der Waals surface area (Å²) >= 11 is 0. The fraction of sp³-hybridized carbons (Fsp3) is 0.333. The second-order valence-electron chi connectivity index (χ2n) is 7.30. The van der Waals surface area contributed by atoms with Gasteiger partial charge in [0.05, 0.1) is 29.5 Å². The molecule has 0 atom stereocenters. The molecule has 1 aliphatic rings. The molecule has 0 spiro atoms. The van der Waals surface area contributed by atoms with E-state index in [0.29, 0.717) is 31.4 Å². The molecular formula is C21H23N5O2. The SMILES string of the molecule is Cn1cncc1-c1ccnc(C(=O)N[C@H]2CC[C@@](O)(c3ccccc3)CC2)n1. The Bertz CT molecular complexity index is 962. The van der Waals surface area contributed by atoms with Crippen molar-refractivity contribution in [2.75, 3.05) is 0 Å². The summed E-state index contributed by atoms with van der Waals surface area (Å²) in [6, 6.07) is 11.5. The van der Waals surface area contributed by atoms with Crippen LogP contribution in [0.1, 0.15) is 41.9 Å². The first-order valence-corrected chi connectivity index (χ1v) is 9.44. The predicted octanol–water partition coefficient (Wildman–Crippen LogP) is 2.44. The molecule has 1 aromatic carbocycles. The summed E-state index contributed by atoms with van der Waals surface area (Å²) in [6.45, 7) is 0. The number of rotatable bonds is 4. The van der Waals surface area contributed by atoms with Gasteiger partial charge in [-0.15, -0.1) is 0 Å². The molecule has 0 saturated heterocycles. The van der Waals surface area contributed by atoms with Gasteiger partial charge >= 0.3 is 0 Å². The van der Waals surface area contributed by atoms with E-state index in [4.69, 9.17) is 0 Å². The number of aliphatic hydroxyl groups is 1. The second-order valence-corrected chi connectivity index (χ2v) is 7.30. The highest BCUT2D eigenvalue weighted by molar-refractivity contribution is 5.91. The van der Waals surface area contributed by atoms with Crippen LogP contribution in [0.25, 0.3) is 11.4 Å². The maximum Gasteiger partial charge on any atom is 0.289 e. The van der Waals surface area contributed by atoms with Gasteiger partial charge in [-0.2, -0.15) is 0 Å². The second kappa shape index (κ2) is 7.52. The molecule has 28 heavy (non-hydrogen) atoms. The molecule has 4 rings (SSSR count). The fourth-order valence-electron chi connectivity index (χ4n) is 3.74. The summed E-state index contributed by atoms with van der Waals surface area (Å²) in [5.41, 5.74) is 1.59. The summed E-state index contributed by atoms with van der Waals surface area (Å²) in [7, 11) is 1.88. The molecule has 2 aromatic heterocycles. The molecule has 144 valence electrons. The number of amides is 1. The van der Waals surface area contributed by atoms with E-state index in [-0.39, 0.29) is 17.8 Å². The van der Waals surface area contributed by atoms with Crippen LogP contribution in [0, 0.1) is 0 Å². The Morgan fingerprint density at radius 3 is 2.64 bits per heavy atom. The van der Waals surface area contributed by atoms with Crippen LogP contribution < -0.4 is 5.32 Å². The summed E-state index contributed by atoms with van der Waals surface area (Å²) in [5.74, 6) is -0.151. The van der Waals surface area contributed by atoms with Gasteiger partial charge in [0.1, 0.15) is 0 Å². The van der Waals surface area contributed by atoms with E-state index in [1.54, 1.807) is 24.8 Å². The molecule has 1 fully saturated rings. The smallest absolute Gasteiger partial charge is 0.289 e. The summed E-state index contributed by atoms with van der Waals surface area (Å²) in [5, 5.41) is 13.9. The number of nitrogens with zero attached hydrogens (tertiary/aromatic N) is 4. The average Bonchev–Trinajstić information content (AvgIpc) is 3.16. The summed E-state index contributed by atoms with van der Waals surface area (Å²) < 4.78 is 1.84. The fourth-order valence-corrected chi connectivity index (χ4v) is 3.74. The van der Waals surface area contributed by atoms with Crippen LogP contribution in [0.3, 0.4) is 0 Å². The topological polar surface area (TPSA) is 92.9 Å². The van der Waals surface area contributed by atoms with E-state index >= 15 is 0 Å². The number of hydrogen-bond donors (Lipinski definition) is 2. The molecule has 0 unspecified atom stereocenters.